The van der Waals surface area contributed by atoms with Crippen LogP contribution in [0.5, 0.6) is 5.75 Å². The molecule has 2 nitrogen and oxygen atoms in total. The van der Waals surface area contributed by atoms with Crippen molar-refractivity contribution in [2.45, 2.75) is 33.4 Å². The number of aryl methyl sites for hydroxylation is 2. The Balaban J connectivity index is 2.05. The maximum Gasteiger partial charge on any atom is 0.120 e. The summed E-state index contributed by atoms with van der Waals surface area (Å²) >= 11 is 0. The third-order valence-electron chi connectivity index (χ3n) is 3.77. The molecule has 0 heterocycles. The molecule has 20 heavy (non-hydrogen) atoms. The SMILES string of the molecule is CNC(C)c1cccc(OCc2ccc(C)c(C)c2)c1. The highest BCUT2D eigenvalue weighted by Gasteiger charge is 2.04. The lowest BCUT2D eigenvalue weighted by atomic mass is 10.1. The third kappa shape index (κ3) is 3.61. The van der Waals surface area contributed by atoms with Gasteiger partial charge in [0.25, 0.3) is 0 Å². The van der Waals surface area contributed by atoms with E-state index < -0.39 is 0 Å². The van der Waals surface area contributed by atoms with E-state index in [2.05, 4.69) is 56.4 Å². The summed E-state index contributed by atoms with van der Waals surface area (Å²) in [5.41, 5.74) is 5.08. The van der Waals surface area contributed by atoms with Crippen molar-refractivity contribution < 1.29 is 4.74 Å². The Morgan fingerprint density at radius 2 is 1.85 bits per heavy atom. The van der Waals surface area contributed by atoms with Crippen LogP contribution in [0.4, 0.5) is 0 Å². The number of rotatable bonds is 5. The normalized spacial score (nSPS) is 12.2. The molecule has 2 aromatic rings. The molecular formula is C18H23NO. The maximum absolute atomic E-state index is 5.89. The quantitative estimate of drug-likeness (QED) is 0.880. The van der Waals surface area contributed by atoms with Gasteiger partial charge in [0.05, 0.1) is 0 Å². The lowest BCUT2D eigenvalue weighted by molar-refractivity contribution is 0.305. The van der Waals surface area contributed by atoms with Crippen molar-refractivity contribution in [1.29, 1.82) is 0 Å². The standard InChI is InChI=1S/C18H23NO/c1-13-8-9-16(10-14(13)2)12-20-18-7-5-6-17(11-18)15(3)19-4/h5-11,15,19H,12H2,1-4H3. The van der Waals surface area contributed by atoms with Crippen molar-refractivity contribution >= 4 is 0 Å². The van der Waals surface area contributed by atoms with Gasteiger partial charge in [0, 0.05) is 6.04 Å². The van der Waals surface area contributed by atoms with Crippen LogP contribution < -0.4 is 10.1 Å². The van der Waals surface area contributed by atoms with Crippen molar-refractivity contribution in [3.63, 3.8) is 0 Å². The molecule has 2 heteroatoms. The minimum atomic E-state index is 0.333. The minimum Gasteiger partial charge on any atom is -0.489 e. The van der Waals surface area contributed by atoms with Crippen LogP contribution in [0.3, 0.4) is 0 Å². The molecule has 0 amide bonds. The molecule has 0 saturated heterocycles. The Labute approximate surface area is 121 Å². The fourth-order valence-corrected chi connectivity index (χ4v) is 2.10. The lowest BCUT2D eigenvalue weighted by Crippen LogP contribution is -2.12. The predicted molar refractivity (Wildman–Crippen MR) is 84.2 cm³/mol. The highest BCUT2D eigenvalue weighted by Crippen LogP contribution is 2.20. The molecule has 0 saturated carbocycles. The Bertz CT molecular complexity index is 577. The zero-order chi connectivity index (χ0) is 14.5. The summed E-state index contributed by atoms with van der Waals surface area (Å²) in [5, 5.41) is 3.24. The first-order valence-corrected chi connectivity index (χ1v) is 7.06. The smallest absolute Gasteiger partial charge is 0.120 e. The van der Waals surface area contributed by atoms with E-state index in [1.807, 2.05) is 19.2 Å². The Morgan fingerprint density at radius 3 is 2.55 bits per heavy atom. The van der Waals surface area contributed by atoms with Gasteiger partial charge < -0.3 is 10.1 Å². The van der Waals surface area contributed by atoms with Gasteiger partial charge in [-0.05, 0) is 62.2 Å². The van der Waals surface area contributed by atoms with Gasteiger partial charge in [-0.2, -0.15) is 0 Å². The molecule has 2 rings (SSSR count). The van der Waals surface area contributed by atoms with Crippen LogP contribution >= 0.6 is 0 Å². The van der Waals surface area contributed by atoms with Gasteiger partial charge in [-0.1, -0.05) is 30.3 Å². The van der Waals surface area contributed by atoms with E-state index in [0.29, 0.717) is 12.6 Å². The number of hydrogen-bond donors (Lipinski definition) is 1. The van der Waals surface area contributed by atoms with Gasteiger partial charge in [-0.25, -0.2) is 0 Å². The van der Waals surface area contributed by atoms with E-state index in [1.54, 1.807) is 0 Å². The van der Waals surface area contributed by atoms with Gasteiger partial charge >= 0.3 is 0 Å². The average molecular weight is 269 g/mol. The summed E-state index contributed by atoms with van der Waals surface area (Å²) in [5.74, 6) is 0.919. The maximum atomic E-state index is 5.89. The first-order chi connectivity index (χ1) is 9.60. The van der Waals surface area contributed by atoms with E-state index in [4.69, 9.17) is 4.74 Å². The summed E-state index contributed by atoms with van der Waals surface area (Å²) in [6.07, 6.45) is 0. The van der Waals surface area contributed by atoms with Gasteiger partial charge in [-0.3, -0.25) is 0 Å². The Kier molecular flexibility index (Phi) is 4.80. The second-order valence-electron chi connectivity index (χ2n) is 5.29. The fraction of sp³-hybridized carbons (Fsp3) is 0.333. The van der Waals surface area contributed by atoms with Crippen LogP contribution in [0.2, 0.25) is 0 Å². The highest BCUT2D eigenvalue weighted by molar-refractivity contribution is 5.32. The Hall–Kier alpha value is -1.80. The molecule has 1 unspecified atom stereocenters. The second kappa shape index (κ2) is 6.58. The number of benzene rings is 2. The molecule has 1 atom stereocenters. The summed E-state index contributed by atoms with van der Waals surface area (Å²) in [7, 11) is 1.97. The zero-order valence-electron chi connectivity index (χ0n) is 12.7. The fourth-order valence-electron chi connectivity index (χ4n) is 2.10. The molecule has 106 valence electrons. The number of ether oxygens (including phenoxy) is 1. The van der Waals surface area contributed by atoms with Crippen LogP contribution in [-0.4, -0.2) is 7.05 Å². The molecule has 0 radical (unpaired) electrons. The van der Waals surface area contributed by atoms with Crippen LogP contribution in [-0.2, 0) is 6.61 Å². The van der Waals surface area contributed by atoms with Crippen LogP contribution in [0, 0.1) is 13.8 Å². The Morgan fingerprint density at radius 1 is 1.05 bits per heavy atom. The average Bonchev–Trinajstić information content (AvgIpc) is 2.48. The number of hydrogen-bond acceptors (Lipinski definition) is 2. The highest BCUT2D eigenvalue weighted by atomic mass is 16.5. The van der Waals surface area contributed by atoms with Gasteiger partial charge in [-0.15, -0.1) is 0 Å². The van der Waals surface area contributed by atoms with Crippen molar-refractivity contribution in [2.24, 2.45) is 0 Å². The van der Waals surface area contributed by atoms with E-state index in [9.17, 15) is 0 Å². The van der Waals surface area contributed by atoms with E-state index >= 15 is 0 Å². The van der Waals surface area contributed by atoms with Crippen molar-refractivity contribution in [3.8, 4) is 5.75 Å². The monoisotopic (exact) mass is 269 g/mol. The van der Waals surface area contributed by atoms with Crippen molar-refractivity contribution in [1.82, 2.24) is 5.32 Å². The molecule has 0 fully saturated rings. The summed E-state index contributed by atoms with van der Waals surface area (Å²) in [4.78, 5) is 0. The topological polar surface area (TPSA) is 21.3 Å². The molecule has 0 aliphatic carbocycles. The van der Waals surface area contributed by atoms with Gasteiger partial charge in [0.2, 0.25) is 0 Å². The van der Waals surface area contributed by atoms with Gasteiger partial charge in [0.1, 0.15) is 12.4 Å². The van der Waals surface area contributed by atoms with Crippen LogP contribution in [0.25, 0.3) is 0 Å². The van der Waals surface area contributed by atoms with Crippen LogP contribution in [0.15, 0.2) is 42.5 Å². The first-order valence-electron chi connectivity index (χ1n) is 7.06. The molecule has 0 aliphatic rings. The minimum absolute atomic E-state index is 0.333. The summed E-state index contributed by atoms with van der Waals surface area (Å²) in [6, 6.07) is 15.1. The van der Waals surface area contributed by atoms with Crippen molar-refractivity contribution in [3.05, 3.63) is 64.7 Å². The summed E-state index contributed by atoms with van der Waals surface area (Å²) in [6.45, 7) is 7.01. The van der Waals surface area contributed by atoms with E-state index in [0.717, 1.165) is 5.75 Å². The third-order valence-corrected chi connectivity index (χ3v) is 3.77. The molecule has 0 bridgehead atoms. The number of nitrogens with one attached hydrogen (secondary N) is 1. The predicted octanol–water partition coefficient (Wildman–Crippen LogP) is 4.16. The van der Waals surface area contributed by atoms with E-state index in [1.165, 1.54) is 22.3 Å². The lowest BCUT2D eigenvalue weighted by Gasteiger charge is -2.13. The molecular weight excluding hydrogens is 246 g/mol. The second-order valence-corrected chi connectivity index (χ2v) is 5.29. The molecule has 0 aromatic heterocycles. The zero-order valence-corrected chi connectivity index (χ0v) is 12.7. The van der Waals surface area contributed by atoms with Gasteiger partial charge in [0.15, 0.2) is 0 Å². The molecule has 0 spiro atoms. The molecule has 2 aromatic carbocycles. The molecule has 0 aliphatic heterocycles. The van der Waals surface area contributed by atoms with Crippen LogP contribution in [0.1, 0.15) is 35.2 Å². The first kappa shape index (κ1) is 14.6. The summed E-state index contributed by atoms with van der Waals surface area (Å²) < 4.78 is 5.89. The van der Waals surface area contributed by atoms with E-state index in [-0.39, 0.29) is 0 Å². The molecule has 1 N–H and O–H groups in total. The van der Waals surface area contributed by atoms with Crippen molar-refractivity contribution in [2.75, 3.05) is 7.05 Å². The largest absolute Gasteiger partial charge is 0.489 e.